The van der Waals surface area contributed by atoms with Crippen LogP contribution in [0.1, 0.15) is 27.7 Å². The Hall–Kier alpha value is -0.220. The van der Waals surface area contributed by atoms with Gasteiger partial charge < -0.3 is 11.1 Å². The molecule has 0 saturated carbocycles. The number of thioether (sulfide) groups is 1. The first kappa shape index (κ1) is 13.8. The van der Waals surface area contributed by atoms with Crippen molar-refractivity contribution in [2.45, 2.75) is 32.4 Å². The van der Waals surface area contributed by atoms with Crippen LogP contribution in [0.3, 0.4) is 0 Å². The Balaban J connectivity index is 4.10. The van der Waals surface area contributed by atoms with E-state index < -0.39 is 5.41 Å². The Morgan fingerprint density at radius 3 is 2.21 bits per heavy atom. The van der Waals surface area contributed by atoms with Gasteiger partial charge in [0.1, 0.15) is 0 Å². The van der Waals surface area contributed by atoms with E-state index in [9.17, 15) is 4.79 Å². The van der Waals surface area contributed by atoms with E-state index in [4.69, 9.17) is 5.73 Å². The SMILES string of the molecule is CSC(C)(C)CNC(=O)C(C)(C)CN. The third-order valence-corrected chi connectivity index (χ3v) is 3.60. The molecule has 0 aliphatic rings. The van der Waals surface area contributed by atoms with Gasteiger partial charge in [-0.3, -0.25) is 4.79 Å². The molecule has 0 aromatic heterocycles. The molecular formula is C10H22N2OS. The Morgan fingerprint density at radius 2 is 1.86 bits per heavy atom. The van der Waals surface area contributed by atoms with Gasteiger partial charge >= 0.3 is 0 Å². The lowest BCUT2D eigenvalue weighted by Crippen LogP contribution is -2.45. The quantitative estimate of drug-likeness (QED) is 0.730. The average Bonchev–Trinajstić information content (AvgIpc) is 2.14. The summed E-state index contributed by atoms with van der Waals surface area (Å²) in [6, 6.07) is 0. The molecule has 1 amide bonds. The zero-order chi connectivity index (χ0) is 11.4. The van der Waals surface area contributed by atoms with E-state index in [1.54, 1.807) is 11.8 Å². The monoisotopic (exact) mass is 218 g/mol. The van der Waals surface area contributed by atoms with E-state index >= 15 is 0 Å². The van der Waals surface area contributed by atoms with Crippen molar-refractivity contribution in [3.63, 3.8) is 0 Å². The first-order chi connectivity index (χ1) is 6.25. The molecule has 0 heterocycles. The maximum absolute atomic E-state index is 11.7. The summed E-state index contributed by atoms with van der Waals surface area (Å²) < 4.78 is 0.0837. The van der Waals surface area contributed by atoms with E-state index in [0.29, 0.717) is 13.1 Å². The molecular weight excluding hydrogens is 196 g/mol. The second kappa shape index (κ2) is 5.03. The smallest absolute Gasteiger partial charge is 0.226 e. The fourth-order valence-corrected chi connectivity index (χ4v) is 0.914. The highest BCUT2D eigenvalue weighted by atomic mass is 32.2. The average molecular weight is 218 g/mol. The van der Waals surface area contributed by atoms with Crippen LogP contribution in [0.25, 0.3) is 0 Å². The van der Waals surface area contributed by atoms with Crippen molar-refractivity contribution in [1.82, 2.24) is 5.32 Å². The van der Waals surface area contributed by atoms with Gasteiger partial charge in [-0.1, -0.05) is 0 Å². The molecule has 0 aromatic rings. The van der Waals surface area contributed by atoms with Crippen LogP contribution in [0, 0.1) is 5.41 Å². The molecule has 0 rings (SSSR count). The van der Waals surface area contributed by atoms with Crippen LogP contribution in [-0.4, -0.2) is 30.0 Å². The molecule has 0 saturated heterocycles. The molecule has 84 valence electrons. The third kappa shape index (κ3) is 4.33. The first-order valence-corrected chi connectivity index (χ1v) is 6.01. The van der Waals surface area contributed by atoms with Crippen LogP contribution in [0.15, 0.2) is 0 Å². The summed E-state index contributed by atoms with van der Waals surface area (Å²) in [5, 5.41) is 2.93. The topological polar surface area (TPSA) is 55.1 Å². The second-order valence-electron chi connectivity index (χ2n) is 4.73. The molecule has 0 aliphatic heterocycles. The van der Waals surface area contributed by atoms with Gasteiger partial charge in [-0.05, 0) is 34.0 Å². The van der Waals surface area contributed by atoms with Crippen LogP contribution in [-0.2, 0) is 4.79 Å². The number of carbonyl (C=O) groups is 1. The highest BCUT2D eigenvalue weighted by molar-refractivity contribution is 7.99. The van der Waals surface area contributed by atoms with Crippen molar-refractivity contribution in [2.75, 3.05) is 19.3 Å². The van der Waals surface area contributed by atoms with Gasteiger partial charge in [-0.2, -0.15) is 11.8 Å². The fourth-order valence-electron chi connectivity index (χ4n) is 0.697. The van der Waals surface area contributed by atoms with E-state index in [1.165, 1.54) is 0 Å². The van der Waals surface area contributed by atoms with Gasteiger partial charge in [0.25, 0.3) is 0 Å². The van der Waals surface area contributed by atoms with Crippen LogP contribution >= 0.6 is 11.8 Å². The molecule has 0 aliphatic carbocycles. The van der Waals surface area contributed by atoms with E-state index in [2.05, 4.69) is 19.2 Å². The summed E-state index contributed by atoms with van der Waals surface area (Å²) in [5.74, 6) is 0.0297. The van der Waals surface area contributed by atoms with Crippen molar-refractivity contribution in [2.24, 2.45) is 11.1 Å². The normalized spacial score (nSPS) is 12.7. The van der Waals surface area contributed by atoms with Crippen LogP contribution in [0.2, 0.25) is 0 Å². The van der Waals surface area contributed by atoms with Gasteiger partial charge in [-0.15, -0.1) is 0 Å². The lowest BCUT2D eigenvalue weighted by molar-refractivity contribution is -0.128. The van der Waals surface area contributed by atoms with E-state index in [0.717, 1.165) is 0 Å². The largest absolute Gasteiger partial charge is 0.354 e. The van der Waals surface area contributed by atoms with Crippen molar-refractivity contribution in [3.8, 4) is 0 Å². The molecule has 0 fully saturated rings. The van der Waals surface area contributed by atoms with Gasteiger partial charge in [-0.25, -0.2) is 0 Å². The molecule has 0 spiro atoms. The Morgan fingerprint density at radius 1 is 1.36 bits per heavy atom. The summed E-state index contributed by atoms with van der Waals surface area (Å²) in [6.45, 7) is 8.97. The van der Waals surface area contributed by atoms with Crippen molar-refractivity contribution < 1.29 is 4.79 Å². The molecule has 0 radical (unpaired) electrons. The third-order valence-electron chi connectivity index (χ3n) is 2.35. The zero-order valence-electron chi connectivity index (χ0n) is 9.81. The minimum Gasteiger partial charge on any atom is -0.354 e. The summed E-state index contributed by atoms with van der Waals surface area (Å²) in [5.41, 5.74) is 5.05. The number of carbonyl (C=O) groups excluding carboxylic acids is 1. The highest BCUT2D eigenvalue weighted by Crippen LogP contribution is 2.20. The minimum absolute atomic E-state index is 0.0297. The van der Waals surface area contributed by atoms with Crippen LogP contribution in [0.4, 0.5) is 0 Å². The summed E-state index contributed by atoms with van der Waals surface area (Å²) in [6.07, 6.45) is 2.04. The number of hydrogen-bond donors (Lipinski definition) is 2. The van der Waals surface area contributed by atoms with Gasteiger partial charge in [0.2, 0.25) is 5.91 Å². The van der Waals surface area contributed by atoms with Crippen molar-refractivity contribution in [1.29, 1.82) is 0 Å². The van der Waals surface area contributed by atoms with Gasteiger partial charge in [0, 0.05) is 17.8 Å². The number of hydrogen-bond acceptors (Lipinski definition) is 3. The molecule has 0 atom stereocenters. The summed E-state index contributed by atoms with van der Waals surface area (Å²) in [7, 11) is 0. The highest BCUT2D eigenvalue weighted by Gasteiger charge is 2.27. The molecule has 0 unspecified atom stereocenters. The molecule has 3 N–H and O–H groups in total. The molecule has 0 aromatic carbocycles. The molecule has 0 bridgehead atoms. The predicted molar refractivity (Wildman–Crippen MR) is 63.4 cm³/mol. The first-order valence-electron chi connectivity index (χ1n) is 4.79. The number of rotatable bonds is 5. The number of nitrogens with two attached hydrogens (primary N) is 1. The number of amides is 1. The maximum atomic E-state index is 11.7. The van der Waals surface area contributed by atoms with E-state index in [-0.39, 0.29) is 10.7 Å². The predicted octanol–water partition coefficient (Wildman–Crippen LogP) is 1.23. The zero-order valence-corrected chi connectivity index (χ0v) is 10.6. The Labute approximate surface area is 91.2 Å². The Bertz CT molecular complexity index is 202. The lowest BCUT2D eigenvalue weighted by atomic mass is 9.92. The Kier molecular flexibility index (Phi) is 4.95. The lowest BCUT2D eigenvalue weighted by Gasteiger charge is -2.26. The van der Waals surface area contributed by atoms with Crippen molar-refractivity contribution in [3.05, 3.63) is 0 Å². The van der Waals surface area contributed by atoms with Crippen LogP contribution < -0.4 is 11.1 Å². The second-order valence-corrected chi connectivity index (χ2v) is 6.25. The summed E-state index contributed by atoms with van der Waals surface area (Å²) in [4.78, 5) is 11.7. The van der Waals surface area contributed by atoms with Crippen molar-refractivity contribution >= 4 is 17.7 Å². The minimum atomic E-state index is -0.464. The molecule has 4 heteroatoms. The molecule has 14 heavy (non-hydrogen) atoms. The van der Waals surface area contributed by atoms with Gasteiger partial charge in [0.15, 0.2) is 0 Å². The summed E-state index contributed by atoms with van der Waals surface area (Å²) >= 11 is 1.74. The van der Waals surface area contributed by atoms with E-state index in [1.807, 2.05) is 20.1 Å². The molecule has 3 nitrogen and oxygen atoms in total. The van der Waals surface area contributed by atoms with Gasteiger partial charge in [0.05, 0.1) is 5.41 Å². The maximum Gasteiger partial charge on any atom is 0.226 e. The van der Waals surface area contributed by atoms with Crippen LogP contribution in [0.5, 0.6) is 0 Å². The fraction of sp³-hybridized carbons (Fsp3) is 0.900. The number of nitrogens with one attached hydrogen (secondary N) is 1. The standard InChI is InChI=1S/C10H22N2OS/c1-9(2,6-11)8(13)12-7-10(3,4)14-5/h6-7,11H2,1-5H3,(H,12,13).